The Labute approximate surface area is 119 Å². The molecule has 108 valence electrons. The van der Waals surface area contributed by atoms with Crippen LogP contribution < -0.4 is 11.1 Å². The molecule has 4 N–H and O–H groups in total. The molecule has 0 unspecified atom stereocenters. The van der Waals surface area contributed by atoms with Crippen LogP contribution in [0.5, 0.6) is 0 Å². The summed E-state index contributed by atoms with van der Waals surface area (Å²) in [6, 6.07) is 7.57. The van der Waals surface area contributed by atoms with E-state index >= 15 is 0 Å². The van der Waals surface area contributed by atoms with Crippen LogP contribution in [-0.4, -0.2) is 23.5 Å². The molecule has 1 heterocycles. The van der Waals surface area contributed by atoms with Crippen LogP contribution in [0.2, 0.25) is 0 Å². The number of aromatic nitrogens is 1. The molecule has 2 rings (SSSR count). The normalized spacial score (nSPS) is 12.5. The monoisotopic (exact) mass is 273 g/mol. The first kappa shape index (κ1) is 14.6. The van der Waals surface area contributed by atoms with Crippen LogP contribution in [0.15, 0.2) is 30.5 Å². The summed E-state index contributed by atoms with van der Waals surface area (Å²) in [4.78, 5) is 15.1. The van der Waals surface area contributed by atoms with Gasteiger partial charge in [0.25, 0.3) is 0 Å². The number of hydrogen-bond acceptors (Lipinski definition) is 2. The third-order valence-corrected chi connectivity index (χ3v) is 3.53. The van der Waals surface area contributed by atoms with Crippen molar-refractivity contribution in [1.82, 2.24) is 10.3 Å². The Kier molecular flexibility index (Phi) is 5.18. The van der Waals surface area contributed by atoms with E-state index in [1.54, 1.807) is 0 Å². The molecule has 1 aromatic carbocycles. The van der Waals surface area contributed by atoms with Gasteiger partial charge in [0.05, 0.1) is 6.04 Å². The van der Waals surface area contributed by atoms with E-state index in [9.17, 15) is 4.79 Å². The molecule has 0 fully saturated rings. The number of carbonyl (C=O) groups excluding carboxylic acids is 1. The van der Waals surface area contributed by atoms with Crippen molar-refractivity contribution >= 4 is 16.8 Å². The molecule has 1 atom stereocenters. The van der Waals surface area contributed by atoms with Crippen LogP contribution in [0.1, 0.15) is 31.7 Å². The van der Waals surface area contributed by atoms with Gasteiger partial charge in [-0.2, -0.15) is 0 Å². The first-order chi connectivity index (χ1) is 9.72. The second-order valence-corrected chi connectivity index (χ2v) is 5.17. The Hall–Kier alpha value is -1.81. The van der Waals surface area contributed by atoms with Crippen LogP contribution in [0, 0.1) is 0 Å². The molecule has 1 amide bonds. The molecule has 0 aliphatic carbocycles. The summed E-state index contributed by atoms with van der Waals surface area (Å²) in [5.41, 5.74) is 8.16. The summed E-state index contributed by atoms with van der Waals surface area (Å²) in [6.07, 6.45) is 5.80. The molecule has 4 heteroatoms. The lowest BCUT2D eigenvalue weighted by molar-refractivity contribution is -0.122. The minimum atomic E-state index is -0.490. The van der Waals surface area contributed by atoms with Crippen molar-refractivity contribution in [2.24, 2.45) is 5.73 Å². The van der Waals surface area contributed by atoms with Crippen molar-refractivity contribution in [1.29, 1.82) is 0 Å². The van der Waals surface area contributed by atoms with E-state index in [4.69, 9.17) is 5.73 Å². The predicted molar refractivity (Wildman–Crippen MR) is 82.5 cm³/mol. The van der Waals surface area contributed by atoms with E-state index in [0.717, 1.165) is 35.7 Å². The average Bonchev–Trinajstić information content (AvgIpc) is 2.87. The van der Waals surface area contributed by atoms with E-state index in [1.807, 2.05) is 30.5 Å². The van der Waals surface area contributed by atoms with Gasteiger partial charge in [-0.05, 0) is 24.5 Å². The number of benzene rings is 1. The highest BCUT2D eigenvalue weighted by Crippen LogP contribution is 2.18. The van der Waals surface area contributed by atoms with Crippen LogP contribution >= 0.6 is 0 Å². The summed E-state index contributed by atoms with van der Waals surface area (Å²) in [5, 5.41) is 4.04. The molecule has 1 aromatic heterocycles. The van der Waals surface area contributed by atoms with E-state index in [-0.39, 0.29) is 5.91 Å². The lowest BCUT2D eigenvalue weighted by Gasteiger charge is -2.11. The Morgan fingerprint density at radius 2 is 2.15 bits per heavy atom. The van der Waals surface area contributed by atoms with Gasteiger partial charge in [-0.1, -0.05) is 38.0 Å². The van der Waals surface area contributed by atoms with Gasteiger partial charge in [-0.3, -0.25) is 4.79 Å². The average molecular weight is 273 g/mol. The molecule has 0 bridgehead atoms. The van der Waals surface area contributed by atoms with E-state index in [1.165, 1.54) is 0 Å². The van der Waals surface area contributed by atoms with E-state index in [2.05, 4.69) is 17.2 Å². The number of hydrogen-bond donors (Lipinski definition) is 3. The summed E-state index contributed by atoms with van der Waals surface area (Å²) >= 11 is 0. The SMILES string of the molecule is CCCCCNC(=O)[C@@H](N)Cc1c[nH]c2ccccc12. The maximum atomic E-state index is 11.9. The van der Waals surface area contributed by atoms with Crippen molar-refractivity contribution in [3.63, 3.8) is 0 Å². The number of aromatic amines is 1. The highest BCUT2D eigenvalue weighted by Gasteiger charge is 2.15. The topological polar surface area (TPSA) is 70.9 Å². The Morgan fingerprint density at radius 3 is 2.95 bits per heavy atom. The predicted octanol–water partition coefficient (Wildman–Crippen LogP) is 2.34. The second kappa shape index (κ2) is 7.10. The van der Waals surface area contributed by atoms with Gasteiger partial charge >= 0.3 is 0 Å². The molecule has 0 spiro atoms. The zero-order valence-electron chi connectivity index (χ0n) is 12.0. The fourth-order valence-corrected chi connectivity index (χ4v) is 2.35. The molecular formula is C16H23N3O. The van der Waals surface area contributed by atoms with Crippen molar-refractivity contribution < 1.29 is 4.79 Å². The fraction of sp³-hybridized carbons (Fsp3) is 0.438. The maximum Gasteiger partial charge on any atom is 0.237 e. The van der Waals surface area contributed by atoms with Crippen LogP contribution in [-0.2, 0) is 11.2 Å². The standard InChI is InChI=1S/C16H23N3O/c1-2-3-6-9-18-16(20)14(17)10-12-11-19-15-8-5-4-7-13(12)15/h4-5,7-8,11,14,19H,2-3,6,9-10,17H2,1H3,(H,18,20)/t14-/m0/s1. The molecular weight excluding hydrogens is 250 g/mol. The van der Waals surface area contributed by atoms with Crippen molar-refractivity contribution in [2.75, 3.05) is 6.54 Å². The van der Waals surface area contributed by atoms with Crippen LogP contribution in [0.25, 0.3) is 10.9 Å². The van der Waals surface area contributed by atoms with Gasteiger partial charge < -0.3 is 16.0 Å². The molecule has 0 saturated heterocycles. The quantitative estimate of drug-likeness (QED) is 0.678. The molecule has 0 aliphatic rings. The Morgan fingerprint density at radius 1 is 1.35 bits per heavy atom. The van der Waals surface area contributed by atoms with Gasteiger partial charge in [0.15, 0.2) is 0 Å². The van der Waals surface area contributed by atoms with Crippen LogP contribution in [0.3, 0.4) is 0 Å². The van der Waals surface area contributed by atoms with Crippen molar-refractivity contribution in [3.8, 4) is 0 Å². The molecule has 0 aliphatic heterocycles. The lowest BCUT2D eigenvalue weighted by atomic mass is 10.1. The number of nitrogens with one attached hydrogen (secondary N) is 2. The highest BCUT2D eigenvalue weighted by molar-refractivity contribution is 5.86. The zero-order chi connectivity index (χ0) is 14.4. The van der Waals surface area contributed by atoms with Crippen molar-refractivity contribution in [3.05, 3.63) is 36.0 Å². The number of fused-ring (bicyclic) bond motifs is 1. The Bertz CT molecular complexity index is 562. The summed E-state index contributed by atoms with van der Waals surface area (Å²) in [7, 11) is 0. The van der Waals surface area contributed by atoms with Gasteiger partial charge in [0.1, 0.15) is 0 Å². The molecule has 0 radical (unpaired) electrons. The number of nitrogens with two attached hydrogens (primary N) is 1. The Balaban J connectivity index is 1.90. The minimum absolute atomic E-state index is 0.0635. The summed E-state index contributed by atoms with van der Waals surface area (Å²) in [6.45, 7) is 2.86. The van der Waals surface area contributed by atoms with E-state index < -0.39 is 6.04 Å². The highest BCUT2D eigenvalue weighted by atomic mass is 16.2. The number of rotatable bonds is 7. The van der Waals surface area contributed by atoms with Gasteiger partial charge in [-0.25, -0.2) is 0 Å². The first-order valence-corrected chi connectivity index (χ1v) is 7.30. The second-order valence-electron chi connectivity index (χ2n) is 5.17. The largest absolute Gasteiger partial charge is 0.361 e. The number of carbonyl (C=O) groups is 1. The molecule has 2 aromatic rings. The minimum Gasteiger partial charge on any atom is -0.361 e. The first-order valence-electron chi connectivity index (χ1n) is 7.30. The number of unbranched alkanes of at least 4 members (excludes halogenated alkanes) is 2. The van der Waals surface area contributed by atoms with Gasteiger partial charge in [0, 0.05) is 23.6 Å². The van der Waals surface area contributed by atoms with Crippen LogP contribution in [0.4, 0.5) is 0 Å². The number of amides is 1. The third kappa shape index (κ3) is 3.61. The summed E-state index contributed by atoms with van der Waals surface area (Å²) in [5.74, 6) is -0.0635. The smallest absolute Gasteiger partial charge is 0.237 e. The molecule has 4 nitrogen and oxygen atoms in total. The maximum absolute atomic E-state index is 11.9. The lowest BCUT2D eigenvalue weighted by Crippen LogP contribution is -2.42. The van der Waals surface area contributed by atoms with Gasteiger partial charge in [-0.15, -0.1) is 0 Å². The number of para-hydroxylation sites is 1. The molecule has 20 heavy (non-hydrogen) atoms. The van der Waals surface area contributed by atoms with Crippen molar-refractivity contribution in [2.45, 2.75) is 38.6 Å². The number of H-pyrrole nitrogens is 1. The zero-order valence-corrected chi connectivity index (χ0v) is 12.0. The van der Waals surface area contributed by atoms with Gasteiger partial charge in [0.2, 0.25) is 5.91 Å². The van der Waals surface area contributed by atoms with E-state index in [0.29, 0.717) is 13.0 Å². The molecule has 0 saturated carbocycles. The summed E-state index contributed by atoms with van der Waals surface area (Å²) < 4.78 is 0. The fourth-order valence-electron chi connectivity index (χ4n) is 2.35. The third-order valence-electron chi connectivity index (χ3n) is 3.53.